The SMILES string of the molecule is CCNc1nc(-c2ccc(NC(=O)NCc3ccc(NC(=O)OC(C)(C)C)nc3)cc2)ccc1C(=O)N(CC)N1CC(C)OC(C)C1. The van der Waals surface area contributed by atoms with Crippen molar-refractivity contribution in [1.29, 1.82) is 0 Å². The van der Waals surface area contributed by atoms with Crippen molar-refractivity contribution < 1.29 is 23.9 Å². The average molecular weight is 647 g/mol. The fourth-order valence-corrected chi connectivity index (χ4v) is 5.15. The molecule has 3 aromatic rings. The number of aromatic nitrogens is 2. The predicted molar refractivity (Wildman–Crippen MR) is 182 cm³/mol. The summed E-state index contributed by atoms with van der Waals surface area (Å²) in [5.41, 5.74) is 2.78. The number of ether oxygens (including phenoxy) is 2. The molecule has 0 spiro atoms. The molecule has 47 heavy (non-hydrogen) atoms. The summed E-state index contributed by atoms with van der Waals surface area (Å²) in [4.78, 5) is 47.2. The number of morpholine rings is 1. The van der Waals surface area contributed by atoms with E-state index in [4.69, 9.17) is 14.5 Å². The molecule has 1 fully saturated rings. The van der Waals surface area contributed by atoms with Crippen LogP contribution in [0.25, 0.3) is 11.3 Å². The van der Waals surface area contributed by atoms with E-state index in [9.17, 15) is 14.4 Å². The normalized spacial score (nSPS) is 16.6. The summed E-state index contributed by atoms with van der Waals surface area (Å²) in [5.74, 6) is 0.757. The number of nitrogens with zero attached hydrogens (tertiary/aromatic N) is 4. The molecule has 1 aliphatic heterocycles. The molecule has 0 aliphatic carbocycles. The summed E-state index contributed by atoms with van der Waals surface area (Å²) in [6.07, 6.45) is 1.04. The fraction of sp³-hybridized carbons (Fsp3) is 0.441. The monoisotopic (exact) mass is 646 g/mol. The van der Waals surface area contributed by atoms with Gasteiger partial charge in [0.05, 0.1) is 23.5 Å². The van der Waals surface area contributed by atoms with Gasteiger partial charge in [-0.05, 0) is 84.4 Å². The van der Waals surface area contributed by atoms with E-state index in [1.54, 1.807) is 56.2 Å². The summed E-state index contributed by atoms with van der Waals surface area (Å²) >= 11 is 0. The van der Waals surface area contributed by atoms with E-state index in [1.807, 2.05) is 52.0 Å². The van der Waals surface area contributed by atoms with Gasteiger partial charge in [-0.3, -0.25) is 15.1 Å². The van der Waals surface area contributed by atoms with Crippen molar-refractivity contribution in [2.24, 2.45) is 0 Å². The van der Waals surface area contributed by atoms with Crippen molar-refractivity contribution in [3.8, 4) is 11.3 Å². The second-order valence-corrected chi connectivity index (χ2v) is 12.3. The Balaban J connectivity index is 1.35. The lowest BCUT2D eigenvalue weighted by molar-refractivity contribution is -0.129. The van der Waals surface area contributed by atoms with Crippen LogP contribution in [0.2, 0.25) is 0 Å². The van der Waals surface area contributed by atoms with E-state index >= 15 is 0 Å². The number of hydrazine groups is 1. The van der Waals surface area contributed by atoms with Crippen molar-refractivity contribution >= 4 is 35.4 Å². The van der Waals surface area contributed by atoms with Gasteiger partial charge in [-0.2, -0.15) is 0 Å². The van der Waals surface area contributed by atoms with Crippen molar-refractivity contribution in [3.63, 3.8) is 0 Å². The minimum Gasteiger partial charge on any atom is -0.444 e. The van der Waals surface area contributed by atoms with Crippen LogP contribution in [0.4, 0.5) is 26.9 Å². The molecule has 2 unspecified atom stereocenters. The van der Waals surface area contributed by atoms with Crippen LogP contribution in [0, 0.1) is 0 Å². The van der Waals surface area contributed by atoms with Crippen molar-refractivity contribution in [3.05, 3.63) is 65.9 Å². The van der Waals surface area contributed by atoms with Gasteiger partial charge in [-0.15, -0.1) is 0 Å². The lowest BCUT2D eigenvalue weighted by atomic mass is 10.1. The van der Waals surface area contributed by atoms with Gasteiger partial charge in [0.25, 0.3) is 5.91 Å². The minimum atomic E-state index is -0.611. The molecule has 1 aromatic carbocycles. The highest BCUT2D eigenvalue weighted by Gasteiger charge is 2.30. The molecule has 1 aliphatic rings. The Morgan fingerprint density at radius 3 is 2.28 bits per heavy atom. The van der Waals surface area contributed by atoms with Gasteiger partial charge in [-0.1, -0.05) is 18.2 Å². The first-order valence-electron chi connectivity index (χ1n) is 15.9. The molecular formula is C34H46N8O5. The van der Waals surface area contributed by atoms with Crippen LogP contribution in [0.1, 0.15) is 64.4 Å². The summed E-state index contributed by atoms with van der Waals surface area (Å²) in [5, 5.41) is 15.3. The molecule has 13 nitrogen and oxygen atoms in total. The summed E-state index contributed by atoms with van der Waals surface area (Å²) in [6.45, 7) is 16.0. The summed E-state index contributed by atoms with van der Waals surface area (Å²) in [7, 11) is 0. The molecule has 0 saturated carbocycles. The topological polar surface area (TPSA) is 150 Å². The average Bonchev–Trinajstić information content (AvgIpc) is 3.00. The maximum Gasteiger partial charge on any atom is 0.413 e. The highest BCUT2D eigenvalue weighted by atomic mass is 16.6. The minimum absolute atomic E-state index is 0.0313. The lowest BCUT2D eigenvalue weighted by Crippen LogP contribution is -2.55. The third kappa shape index (κ3) is 10.1. The molecule has 13 heteroatoms. The molecule has 2 aromatic heterocycles. The zero-order valence-corrected chi connectivity index (χ0v) is 28.2. The van der Waals surface area contributed by atoms with E-state index in [0.717, 1.165) is 11.1 Å². The molecule has 1 saturated heterocycles. The number of urea groups is 1. The largest absolute Gasteiger partial charge is 0.444 e. The molecule has 252 valence electrons. The molecule has 0 bridgehead atoms. The Labute approximate surface area is 276 Å². The van der Waals surface area contributed by atoms with E-state index in [0.29, 0.717) is 54.8 Å². The van der Waals surface area contributed by atoms with E-state index in [2.05, 4.69) is 31.3 Å². The third-order valence-corrected chi connectivity index (χ3v) is 7.09. The number of pyridine rings is 2. The van der Waals surface area contributed by atoms with Gasteiger partial charge in [0.15, 0.2) is 0 Å². The van der Waals surface area contributed by atoms with Gasteiger partial charge >= 0.3 is 12.1 Å². The third-order valence-electron chi connectivity index (χ3n) is 7.09. The highest BCUT2D eigenvalue weighted by molar-refractivity contribution is 5.99. The number of hydrogen-bond acceptors (Lipinski definition) is 9. The molecule has 4 amide bonds. The van der Waals surface area contributed by atoms with Crippen LogP contribution >= 0.6 is 0 Å². The Hall–Kier alpha value is -4.75. The Morgan fingerprint density at radius 1 is 0.979 bits per heavy atom. The number of anilines is 3. The molecular weight excluding hydrogens is 600 g/mol. The lowest BCUT2D eigenvalue weighted by Gasteiger charge is -2.41. The second kappa shape index (κ2) is 15.7. The van der Waals surface area contributed by atoms with Gasteiger partial charge in [0.1, 0.15) is 17.2 Å². The standard InChI is InChI=1S/C34H46N8O5/c1-8-35-30-27(31(43)42(9-2)41-20-22(3)46-23(4)21-41)15-16-28(39-30)25-11-13-26(14-12-25)38-32(44)37-19-24-10-17-29(36-18-24)40-33(45)47-34(5,6)7/h10-18,22-23H,8-9,19-21H2,1-7H3,(H,35,39)(H,36,40,45)(H2,37,38,44). The number of benzene rings is 1. The van der Waals surface area contributed by atoms with Gasteiger partial charge < -0.3 is 25.4 Å². The maximum absolute atomic E-state index is 13.7. The smallest absolute Gasteiger partial charge is 0.413 e. The van der Waals surface area contributed by atoms with Crippen LogP contribution in [0.5, 0.6) is 0 Å². The fourth-order valence-electron chi connectivity index (χ4n) is 5.15. The summed E-state index contributed by atoms with van der Waals surface area (Å²) < 4.78 is 11.1. The van der Waals surface area contributed by atoms with Crippen molar-refractivity contribution in [2.45, 2.75) is 72.8 Å². The van der Waals surface area contributed by atoms with Crippen LogP contribution in [0.15, 0.2) is 54.7 Å². The highest BCUT2D eigenvalue weighted by Crippen LogP contribution is 2.26. The second-order valence-electron chi connectivity index (χ2n) is 12.3. The maximum atomic E-state index is 13.7. The Bertz CT molecular complexity index is 1510. The number of amides is 4. The first kappa shape index (κ1) is 35.1. The molecule has 4 rings (SSSR count). The van der Waals surface area contributed by atoms with Gasteiger partial charge in [-0.25, -0.2) is 24.6 Å². The van der Waals surface area contributed by atoms with Crippen molar-refractivity contribution in [2.75, 3.05) is 42.1 Å². The molecule has 0 radical (unpaired) electrons. The van der Waals surface area contributed by atoms with Gasteiger partial charge in [0, 0.05) is 50.2 Å². The number of carbonyl (C=O) groups is 3. The quantitative estimate of drug-likeness (QED) is 0.217. The zero-order valence-electron chi connectivity index (χ0n) is 28.2. The van der Waals surface area contributed by atoms with Crippen LogP contribution in [0.3, 0.4) is 0 Å². The number of rotatable bonds is 10. The van der Waals surface area contributed by atoms with Crippen molar-refractivity contribution in [1.82, 2.24) is 25.3 Å². The first-order chi connectivity index (χ1) is 22.3. The van der Waals surface area contributed by atoms with E-state index in [-0.39, 0.29) is 30.7 Å². The predicted octanol–water partition coefficient (Wildman–Crippen LogP) is 5.73. The molecule has 3 heterocycles. The molecule has 2 atom stereocenters. The van der Waals surface area contributed by atoms with Crippen LogP contribution in [-0.2, 0) is 16.0 Å². The van der Waals surface area contributed by atoms with Crippen LogP contribution < -0.4 is 21.3 Å². The number of hydrogen-bond donors (Lipinski definition) is 4. The van der Waals surface area contributed by atoms with Gasteiger partial charge in [0.2, 0.25) is 0 Å². The zero-order chi connectivity index (χ0) is 34.1. The summed E-state index contributed by atoms with van der Waals surface area (Å²) in [6, 6.07) is 14.0. The molecule has 4 N–H and O–H groups in total. The van der Waals surface area contributed by atoms with E-state index in [1.165, 1.54) is 0 Å². The Morgan fingerprint density at radius 2 is 1.68 bits per heavy atom. The first-order valence-corrected chi connectivity index (χ1v) is 15.9. The number of carbonyl (C=O) groups excluding carboxylic acids is 3. The van der Waals surface area contributed by atoms with E-state index < -0.39 is 11.7 Å². The number of nitrogens with one attached hydrogen (secondary N) is 4. The van der Waals surface area contributed by atoms with Crippen LogP contribution in [-0.4, -0.2) is 82.0 Å². The Kier molecular flexibility index (Phi) is 11.7.